The van der Waals surface area contributed by atoms with Crippen molar-refractivity contribution in [3.63, 3.8) is 0 Å². The van der Waals surface area contributed by atoms with Crippen molar-refractivity contribution in [1.29, 1.82) is 0 Å². The number of amides is 2. The molecule has 1 saturated carbocycles. The summed E-state index contributed by atoms with van der Waals surface area (Å²) in [6.07, 6.45) is 1.27. The van der Waals surface area contributed by atoms with E-state index in [4.69, 9.17) is 5.11 Å². The van der Waals surface area contributed by atoms with Gasteiger partial charge in [0.05, 0.1) is 6.54 Å². The van der Waals surface area contributed by atoms with E-state index in [0.29, 0.717) is 6.04 Å². The van der Waals surface area contributed by atoms with E-state index in [0.717, 1.165) is 19.3 Å². The fraction of sp³-hybridized carbons (Fsp3) is 0.857. The van der Waals surface area contributed by atoms with Gasteiger partial charge in [0.15, 0.2) is 0 Å². The summed E-state index contributed by atoms with van der Waals surface area (Å²) in [5, 5.41) is 26.4. The third kappa shape index (κ3) is 6.77. The Kier molecular flexibility index (Phi) is 6.42. The van der Waals surface area contributed by atoms with Crippen LogP contribution in [-0.2, 0) is 4.79 Å². The van der Waals surface area contributed by atoms with Crippen LogP contribution in [0.25, 0.3) is 0 Å². The molecule has 7 nitrogen and oxygen atoms in total. The number of hydrogen-bond acceptors (Lipinski definition) is 4. The second-order valence-corrected chi connectivity index (χ2v) is 6.68. The molecule has 1 aliphatic carbocycles. The van der Waals surface area contributed by atoms with E-state index in [2.05, 4.69) is 31.4 Å². The average molecular weight is 301 g/mol. The van der Waals surface area contributed by atoms with Gasteiger partial charge in [-0.2, -0.15) is 0 Å². The van der Waals surface area contributed by atoms with E-state index in [1.807, 2.05) is 5.32 Å². The molecule has 1 fully saturated rings. The zero-order valence-electron chi connectivity index (χ0n) is 13.0. The minimum atomic E-state index is -1.22. The maximum atomic E-state index is 11.7. The normalized spacial score (nSPS) is 26.2. The molecule has 0 aromatic rings. The molecule has 0 aromatic carbocycles. The lowest BCUT2D eigenvalue weighted by Crippen LogP contribution is -2.53. The molecule has 0 spiro atoms. The van der Waals surface area contributed by atoms with Gasteiger partial charge in [0, 0.05) is 30.1 Å². The van der Waals surface area contributed by atoms with Crippen LogP contribution in [0, 0.1) is 5.92 Å². The lowest BCUT2D eigenvalue weighted by Gasteiger charge is -2.39. The molecule has 3 atom stereocenters. The maximum Gasteiger partial charge on any atom is 0.405 e. The number of carbonyl (C=O) groups is 2. The number of carboxylic acid groups (broad SMARTS) is 1. The van der Waals surface area contributed by atoms with Gasteiger partial charge in [-0.25, -0.2) is 4.79 Å². The highest BCUT2D eigenvalue weighted by molar-refractivity contribution is 5.81. The quantitative estimate of drug-likeness (QED) is 0.501. The van der Waals surface area contributed by atoms with E-state index < -0.39 is 6.09 Å². The first-order valence-corrected chi connectivity index (χ1v) is 7.36. The zero-order valence-corrected chi connectivity index (χ0v) is 13.0. The fourth-order valence-electron chi connectivity index (χ4n) is 2.81. The molecule has 0 heterocycles. The molecular formula is C14H27N3O4. The first kappa shape index (κ1) is 17.7. The Bertz CT molecular complexity index is 368. The van der Waals surface area contributed by atoms with Crippen molar-refractivity contribution in [2.75, 3.05) is 13.2 Å². The van der Waals surface area contributed by atoms with Crippen LogP contribution in [0.1, 0.15) is 40.0 Å². The fourth-order valence-corrected chi connectivity index (χ4v) is 2.81. The summed E-state index contributed by atoms with van der Waals surface area (Å²) in [6, 6.07) is 0.226. The van der Waals surface area contributed by atoms with Crippen LogP contribution in [0.5, 0.6) is 0 Å². The SMILES string of the molecule is CC(C)(C)N[C@@H]1CC[C@H](NC(=O)CNC(=O)O)[C@H](CO)C1. The van der Waals surface area contributed by atoms with Gasteiger partial charge in [-0.05, 0) is 40.0 Å². The molecule has 0 bridgehead atoms. The van der Waals surface area contributed by atoms with E-state index in [-0.39, 0.29) is 36.6 Å². The number of aliphatic hydroxyl groups excluding tert-OH is 1. The van der Waals surface area contributed by atoms with Crippen molar-refractivity contribution >= 4 is 12.0 Å². The number of carbonyl (C=O) groups excluding carboxylic acids is 1. The molecule has 0 radical (unpaired) electrons. The first-order chi connectivity index (χ1) is 9.71. The molecule has 7 heteroatoms. The number of aliphatic hydroxyl groups is 1. The van der Waals surface area contributed by atoms with Gasteiger partial charge in [-0.3, -0.25) is 4.79 Å². The zero-order chi connectivity index (χ0) is 16.0. The van der Waals surface area contributed by atoms with E-state index >= 15 is 0 Å². The summed E-state index contributed by atoms with van der Waals surface area (Å²) in [6.45, 7) is 6.07. The molecule has 0 aliphatic heterocycles. The maximum absolute atomic E-state index is 11.7. The highest BCUT2D eigenvalue weighted by Gasteiger charge is 2.32. The smallest absolute Gasteiger partial charge is 0.405 e. The van der Waals surface area contributed by atoms with Crippen LogP contribution in [0.3, 0.4) is 0 Å². The van der Waals surface area contributed by atoms with Gasteiger partial charge in [0.2, 0.25) is 5.91 Å². The molecule has 2 amide bonds. The highest BCUT2D eigenvalue weighted by atomic mass is 16.4. The van der Waals surface area contributed by atoms with E-state index in [1.165, 1.54) is 0 Å². The Hall–Kier alpha value is -1.34. The van der Waals surface area contributed by atoms with Crippen molar-refractivity contribution in [2.24, 2.45) is 5.92 Å². The van der Waals surface area contributed by atoms with Gasteiger partial charge in [-0.1, -0.05) is 0 Å². The van der Waals surface area contributed by atoms with Crippen molar-refractivity contribution in [3.8, 4) is 0 Å². The van der Waals surface area contributed by atoms with Crippen LogP contribution in [0.15, 0.2) is 0 Å². The summed E-state index contributed by atoms with van der Waals surface area (Å²) in [4.78, 5) is 22.0. The number of nitrogens with one attached hydrogen (secondary N) is 3. The van der Waals surface area contributed by atoms with Crippen LogP contribution in [-0.4, -0.2) is 53.0 Å². The lowest BCUT2D eigenvalue weighted by atomic mass is 9.81. The minimum Gasteiger partial charge on any atom is -0.465 e. The Morgan fingerprint density at radius 1 is 1.24 bits per heavy atom. The average Bonchev–Trinajstić information content (AvgIpc) is 2.36. The predicted molar refractivity (Wildman–Crippen MR) is 79.1 cm³/mol. The second-order valence-electron chi connectivity index (χ2n) is 6.68. The third-order valence-corrected chi connectivity index (χ3v) is 3.60. The molecule has 21 heavy (non-hydrogen) atoms. The molecule has 5 N–H and O–H groups in total. The van der Waals surface area contributed by atoms with Gasteiger partial charge < -0.3 is 26.2 Å². The lowest BCUT2D eigenvalue weighted by molar-refractivity contribution is -0.121. The Morgan fingerprint density at radius 3 is 2.43 bits per heavy atom. The van der Waals surface area contributed by atoms with Crippen LogP contribution < -0.4 is 16.0 Å². The van der Waals surface area contributed by atoms with Crippen LogP contribution >= 0.6 is 0 Å². The number of rotatable bonds is 5. The summed E-state index contributed by atoms with van der Waals surface area (Å²) in [5.74, 6) is -0.365. The molecular weight excluding hydrogens is 274 g/mol. The predicted octanol–water partition coefficient (Wildman–Crippen LogP) is 0.288. The molecule has 1 rings (SSSR count). The van der Waals surface area contributed by atoms with Crippen molar-refractivity contribution < 1.29 is 19.8 Å². The molecule has 122 valence electrons. The minimum absolute atomic E-state index is 0.00706. The molecule has 0 aromatic heterocycles. The monoisotopic (exact) mass is 301 g/mol. The van der Waals surface area contributed by atoms with Gasteiger partial charge in [-0.15, -0.1) is 0 Å². The summed E-state index contributed by atoms with van der Waals surface area (Å²) in [7, 11) is 0. The van der Waals surface area contributed by atoms with E-state index in [1.54, 1.807) is 0 Å². The topological polar surface area (TPSA) is 111 Å². The molecule has 0 unspecified atom stereocenters. The summed E-state index contributed by atoms with van der Waals surface area (Å²) >= 11 is 0. The van der Waals surface area contributed by atoms with E-state index in [9.17, 15) is 14.7 Å². The van der Waals surface area contributed by atoms with Crippen LogP contribution in [0.2, 0.25) is 0 Å². The van der Waals surface area contributed by atoms with Gasteiger partial charge >= 0.3 is 6.09 Å². The van der Waals surface area contributed by atoms with Gasteiger partial charge in [0.25, 0.3) is 0 Å². The second kappa shape index (κ2) is 7.61. The highest BCUT2D eigenvalue weighted by Crippen LogP contribution is 2.26. The Labute approximate surface area is 125 Å². The standard InChI is InChI=1S/C14H27N3O4/c1-14(2,3)17-10-4-5-11(9(6-10)8-18)16-12(19)7-15-13(20)21/h9-11,15,17-18H,4-8H2,1-3H3,(H,16,19)(H,20,21)/t9-,10+,11-/m0/s1. The van der Waals surface area contributed by atoms with Crippen LogP contribution in [0.4, 0.5) is 4.79 Å². The van der Waals surface area contributed by atoms with Crippen molar-refractivity contribution in [3.05, 3.63) is 0 Å². The largest absolute Gasteiger partial charge is 0.465 e. The third-order valence-electron chi connectivity index (χ3n) is 3.60. The van der Waals surface area contributed by atoms with Crippen molar-refractivity contribution in [1.82, 2.24) is 16.0 Å². The Balaban J connectivity index is 2.47. The van der Waals surface area contributed by atoms with Gasteiger partial charge in [0.1, 0.15) is 0 Å². The summed E-state index contributed by atoms with van der Waals surface area (Å²) in [5.41, 5.74) is 0.0200. The Morgan fingerprint density at radius 2 is 1.90 bits per heavy atom. The van der Waals surface area contributed by atoms with Crippen molar-refractivity contribution in [2.45, 2.75) is 57.7 Å². The molecule has 1 aliphatic rings. The number of hydrogen-bond donors (Lipinski definition) is 5. The molecule has 0 saturated heterocycles. The summed E-state index contributed by atoms with van der Waals surface area (Å²) < 4.78 is 0. The first-order valence-electron chi connectivity index (χ1n) is 7.36.